The monoisotopic (exact) mass is 831 g/mol. The first-order chi connectivity index (χ1) is 29.5. The molecule has 5 aromatic rings. The number of hydrogen-bond acceptors (Lipinski definition) is 11. The summed E-state index contributed by atoms with van der Waals surface area (Å²) in [5.41, 5.74) is 5.82. The highest BCUT2D eigenvalue weighted by atomic mass is 19.1. The fourth-order valence-electron chi connectivity index (χ4n) is 9.26. The molecule has 14 nitrogen and oxygen atoms in total. The second kappa shape index (κ2) is 17.0. The summed E-state index contributed by atoms with van der Waals surface area (Å²) in [4.78, 5) is 66.5. The number of aromatic nitrogens is 5. The van der Waals surface area contributed by atoms with Crippen molar-refractivity contribution in [2.45, 2.75) is 65.2 Å². The molecule has 4 aliphatic heterocycles. The summed E-state index contributed by atoms with van der Waals surface area (Å²) in [6.45, 7) is 16.8. The lowest BCUT2D eigenvalue weighted by molar-refractivity contribution is -0.136. The highest BCUT2D eigenvalue weighted by molar-refractivity contribution is 6.05. The zero-order valence-corrected chi connectivity index (χ0v) is 34.9. The molecule has 61 heavy (non-hydrogen) atoms. The van der Waals surface area contributed by atoms with E-state index in [0.29, 0.717) is 47.7 Å². The quantitative estimate of drug-likeness (QED) is 0.191. The first-order valence-corrected chi connectivity index (χ1v) is 21.3. The van der Waals surface area contributed by atoms with Gasteiger partial charge in [-0.3, -0.25) is 39.4 Å². The predicted molar refractivity (Wildman–Crippen MR) is 226 cm³/mol. The van der Waals surface area contributed by atoms with Crippen LogP contribution in [0.25, 0.3) is 22.3 Å². The molecule has 3 aromatic heterocycles. The summed E-state index contributed by atoms with van der Waals surface area (Å²) in [5, 5.41) is 2.37. The van der Waals surface area contributed by atoms with E-state index in [9.17, 15) is 14.4 Å². The summed E-state index contributed by atoms with van der Waals surface area (Å²) < 4.78 is 32.2. The third kappa shape index (κ3) is 8.48. The largest absolute Gasteiger partial charge is 0.369 e. The number of nitrogens with one attached hydrogen (secondary N) is 1. The van der Waals surface area contributed by atoms with Gasteiger partial charge in [0.05, 0.1) is 18.1 Å². The van der Waals surface area contributed by atoms with Crippen LogP contribution in [0.2, 0.25) is 0 Å². The Balaban J connectivity index is 0.718. The number of imide groups is 1. The number of rotatable bonds is 11. The Hall–Kier alpha value is -5.71. The predicted octanol–water partition coefficient (Wildman–Crippen LogP) is 4.35. The number of hydrogen-bond donors (Lipinski definition) is 1. The molecule has 4 aliphatic rings. The average Bonchev–Trinajstić information content (AvgIpc) is 3.77. The van der Waals surface area contributed by atoms with Gasteiger partial charge < -0.3 is 14.4 Å². The second-order valence-electron chi connectivity index (χ2n) is 17.0. The van der Waals surface area contributed by atoms with Gasteiger partial charge in [-0.25, -0.2) is 23.7 Å². The van der Waals surface area contributed by atoms with E-state index in [1.807, 2.05) is 49.7 Å². The Kier molecular flexibility index (Phi) is 11.3. The van der Waals surface area contributed by atoms with Crippen molar-refractivity contribution in [3.63, 3.8) is 0 Å². The number of aryl methyl sites for hydroxylation is 1. The van der Waals surface area contributed by atoms with Crippen LogP contribution in [-0.2, 0) is 29.1 Å². The molecule has 16 heteroatoms. The van der Waals surface area contributed by atoms with Gasteiger partial charge >= 0.3 is 0 Å². The van der Waals surface area contributed by atoms with Crippen molar-refractivity contribution in [1.82, 2.24) is 49.4 Å². The van der Waals surface area contributed by atoms with Crippen LogP contribution in [0.5, 0.6) is 0 Å². The van der Waals surface area contributed by atoms with Crippen molar-refractivity contribution in [3.05, 3.63) is 101 Å². The third-order valence-electron chi connectivity index (χ3n) is 12.6. The fraction of sp³-hybridized carbons (Fsp3) is 0.444. The summed E-state index contributed by atoms with van der Waals surface area (Å²) in [6.07, 6.45) is 3.96. The van der Waals surface area contributed by atoms with E-state index in [1.165, 1.54) is 6.07 Å². The van der Waals surface area contributed by atoms with Crippen molar-refractivity contribution in [3.8, 4) is 11.3 Å². The number of piperidine rings is 1. The molecule has 0 radical (unpaired) electrons. The zero-order chi connectivity index (χ0) is 42.4. The van der Waals surface area contributed by atoms with Gasteiger partial charge in [0, 0.05) is 120 Å². The van der Waals surface area contributed by atoms with Crippen molar-refractivity contribution in [2.24, 2.45) is 0 Å². The van der Waals surface area contributed by atoms with Crippen molar-refractivity contribution >= 4 is 34.4 Å². The molecule has 0 bridgehead atoms. The minimum Gasteiger partial charge on any atom is -0.369 e. The minimum atomic E-state index is -0.617. The first kappa shape index (κ1) is 40.7. The molecule has 318 valence electrons. The Morgan fingerprint density at radius 1 is 0.820 bits per heavy atom. The van der Waals surface area contributed by atoms with Crippen LogP contribution in [-0.4, -0.2) is 133 Å². The molecule has 1 atom stereocenters. The van der Waals surface area contributed by atoms with E-state index in [-0.39, 0.29) is 41.4 Å². The van der Waals surface area contributed by atoms with E-state index < -0.39 is 17.7 Å². The number of carbonyl (C=O) groups is 3. The minimum absolute atomic E-state index is 0.0494. The first-order valence-electron chi connectivity index (χ1n) is 21.3. The Morgan fingerprint density at radius 2 is 1.56 bits per heavy atom. The molecule has 0 spiro atoms. The van der Waals surface area contributed by atoms with Crippen LogP contribution in [0.4, 0.5) is 14.5 Å². The van der Waals surface area contributed by atoms with Crippen LogP contribution < -0.4 is 10.2 Å². The Morgan fingerprint density at radius 3 is 2.26 bits per heavy atom. The number of amides is 3. The van der Waals surface area contributed by atoms with Crippen molar-refractivity contribution in [1.29, 1.82) is 0 Å². The van der Waals surface area contributed by atoms with Crippen LogP contribution >= 0.6 is 0 Å². The number of halogens is 2. The lowest BCUT2D eigenvalue weighted by atomic mass is 10.0. The third-order valence-corrected chi connectivity index (χ3v) is 12.6. The van der Waals surface area contributed by atoms with Gasteiger partial charge in [-0.2, -0.15) is 0 Å². The average molecular weight is 832 g/mol. The van der Waals surface area contributed by atoms with Gasteiger partial charge in [0.2, 0.25) is 11.8 Å². The molecule has 7 heterocycles. The maximum atomic E-state index is 15.2. The summed E-state index contributed by atoms with van der Waals surface area (Å²) >= 11 is 0. The van der Waals surface area contributed by atoms with Crippen LogP contribution in [0, 0.1) is 18.6 Å². The van der Waals surface area contributed by atoms with E-state index in [2.05, 4.69) is 57.0 Å². The highest BCUT2D eigenvalue weighted by Crippen LogP contribution is 2.32. The summed E-state index contributed by atoms with van der Waals surface area (Å²) in [5.74, 6) is -0.845. The van der Waals surface area contributed by atoms with E-state index in [1.54, 1.807) is 11.0 Å². The van der Waals surface area contributed by atoms with Gasteiger partial charge in [-0.15, -0.1) is 0 Å². The standard InChI is InChI=1S/C45H51F2N11O3/c1-28(2)58-29(3)50-43-36(46)21-31(22-39(43)58)42-37(47)25-49-40(51-42)23-33-5-4-30(24-48-33)26-55-14-12-53(13-15-55)10-11-54-16-18-56(19-17-54)34-6-7-35-32(20-34)27-57(45(35)61)38-8-9-41(59)52-44(38)60/h4-7,20-22,24-25,28,38H,8-19,23,26-27H2,1-3H3,(H,52,59,60). The molecule has 3 fully saturated rings. The Bertz CT molecular complexity index is 2480. The van der Waals surface area contributed by atoms with Gasteiger partial charge in [0.1, 0.15) is 28.9 Å². The summed E-state index contributed by atoms with van der Waals surface area (Å²) in [7, 11) is 0. The number of nitrogens with zero attached hydrogens (tertiary/aromatic N) is 10. The van der Waals surface area contributed by atoms with Gasteiger partial charge in [-0.05, 0) is 74.7 Å². The van der Waals surface area contributed by atoms with Crippen LogP contribution in [0.3, 0.4) is 0 Å². The number of benzene rings is 2. The van der Waals surface area contributed by atoms with Gasteiger partial charge in [-0.1, -0.05) is 6.07 Å². The molecule has 9 rings (SSSR count). The van der Waals surface area contributed by atoms with Crippen LogP contribution in [0.1, 0.15) is 71.6 Å². The molecule has 1 unspecified atom stereocenters. The molecular formula is C45H51F2N11O3. The van der Waals surface area contributed by atoms with Gasteiger partial charge in [0.25, 0.3) is 5.91 Å². The normalized spacial score (nSPS) is 19.4. The molecule has 3 amide bonds. The number of anilines is 1. The number of imidazole rings is 1. The lowest BCUT2D eigenvalue weighted by Crippen LogP contribution is -2.52. The molecule has 1 N–H and O–H groups in total. The lowest BCUT2D eigenvalue weighted by Gasteiger charge is -2.39. The highest BCUT2D eigenvalue weighted by Gasteiger charge is 2.39. The summed E-state index contributed by atoms with van der Waals surface area (Å²) in [6, 6.07) is 12.5. The molecule has 3 saturated heterocycles. The molecule has 0 saturated carbocycles. The number of piperazine rings is 2. The number of pyridine rings is 1. The maximum Gasteiger partial charge on any atom is 0.255 e. The Labute approximate surface area is 353 Å². The second-order valence-corrected chi connectivity index (χ2v) is 17.0. The van der Waals surface area contributed by atoms with Crippen molar-refractivity contribution in [2.75, 3.05) is 70.3 Å². The number of carbonyl (C=O) groups excluding carboxylic acids is 3. The number of fused-ring (bicyclic) bond motifs is 2. The molecular weight excluding hydrogens is 781 g/mol. The van der Waals surface area contributed by atoms with Gasteiger partial charge in [0.15, 0.2) is 11.6 Å². The zero-order valence-electron chi connectivity index (χ0n) is 34.9. The van der Waals surface area contributed by atoms with E-state index in [0.717, 1.165) is 101 Å². The van der Waals surface area contributed by atoms with E-state index in [4.69, 9.17) is 0 Å². The smallest absolute Gasteiger partial charge is 0.255 e. The molecule has 2 aromatic carbocycles. The SMILES string of the molecule is Cc1nc2c(F)cc(-c3nc(Cc4ccc(CN5CCN(CCN6CCN(c7ccc8c(c7)CN(C7CCC(=O)NC7=O)C8=O)CC6)CC5)cn4)ncc3F)cc2n1C(C)C. The van der Waals surface area contributed by atoms with Crippen LogP contribution in [0.15, 0.2) is 54.9 Å². The topological polar surface area (TPSA) is 136 Å². The van der Waals surface area contributed by atoms with Crippen molar-refractivity contribution < 1.29 is 23.2 Å². The fourth-order valence-corrected chi connectivity index (χ4v) is 9.26. The molecule has 0 aliphatic carbocycles. The van der Waals surface area contributed by atoms with E-state index >= 15 is 8.78 Å². The maximum absolute atomic E-state index is 15.2.